The summed E-state index contributed by atoms with van der Waals surface area (Å²) in [6.45, 7) is 8.15. The molecule has 0 aromatic heterocycles. The van der Waals surface area contributed by atoms with Crippen molar-refractivity contribution < 1.29 is 9.66 Å². The zero-order valence-electron chi connectivity index (χ0n) is 13.0. The van der Waals surface area contributed by atoms with Gasteiger partial charge in [-0.1, -0.05) is 44.5 Å². The average Bonchev–Trinajstić information content (AvgIpc) is 2.36. The Morgan fingerprint density at radius 2 is 1.77 bits per heavy atom. The number of hydrogen-bond acceptors (Lipinski definition) is 3. The number of nitro groups is 1. The predicted octanol–water partition coefficient (Wildman–Crippen LogP) is 5.65. The van der Waals surface area contributed by atoms with Gasteiger partial charge in [-0.05, 0) is 30.0 Å². The van der Waals surface area contributed by atoms with Crippen LogP contribution in [0.25, 0.3) is 0 Å². The molecule has 4 nitrogen and oxygen atoms in total. The third kappa shape index (κ3) is 3.57. The number of ether oxygens (including phenoxy) is 1. The minimum Gasteiger partial charge on any atom is -0.450 e. The average molecular weight is 320 g/mol. The van der Waals surface area contributed by atoms with Crippen LogP contribution in [-0.2, 0) is 5.41 Å². The molecule has 0 unspecified atom stereocenters. The number of rotatable bonds is 3. The molecule has 0 saturated heterocycles. The van der Waals surface area contributed by atoms with Crippen molar-refractivity contribution in [2.75, 3.05) is 0 Å². The standard InChI is InChI=1S/C17H18ClNO3/c1-11-5-7-13(17(2,3)4)15(9-11)22-16-10-12(18)6-8-14(16)19(20)21/h5-10H,1-4H3. The third-order valence-electron chi connectivity index (χ3n) is 3.28. The van der Waals surface area contributed by atoms with Gasteiger partial charge in [0.2, 0.25) is 5.75 Å². The molecule has 2 aromatic carbocycles. The molecule has 0 saturated carbocycles. The normalized spacial score (nSPS) is 11.3. The van der Waals surface area contributed by atoms with Gasteiger partial charge in [-0.25, -0.2) is 0 Å². The Kier molecular flexibility index (Phi) is 4.42. The van der Waals surface area contributed by atoms with Gasteiger partial charge in [0.25, 0.3) is 0 Å². The van der Waals surface area contributed by atoms with Gasteiger partial charge in [-0.15, -0.1) is 0 Å². The van der Waals surface area contributed by atoms with Gasteiger partial charge in [0.1, 0.15) is 5.75 Å². The zero-order valence-corrected chi connectivity index (χ0v) is 13.8. The maximum absolute atomic E-state index is 11.2. The monoisotopic (exact) mass is 319 g/mol. The maximum Gasteiger partial charge on any atom is 0.311 e. The van der Waals surface area contributed by atoms with Crippen molar-refractivity contribution in [2.24, 2.45) is 0 Å². The maximum atomic E-state index is 11.2. The summed E-state index contributed by atoms with van der Waals surface area (Å²) in [5, 5.41) is 11.5. The summed E-state index contributed by atoms with van der Waals surface area (Å²) in [7, 11) is 0. The molecule has 0 atom stereocenters. The van der Waals surface area contributed by atoms with Crippen LogP contribution in [-0.4, -0.2) is 4.92 Å². The lowest BCUT2D eigenvalue weighted by molar-refractivity contribution is -0.385. The fourth-order valence-corrected chi connectivity index (χ4v) is 2.33. The van der Waals surface area contributed by atoms with Gasteiger partial charge in [0.15, 0.2) is 0 Å². The van der Waals surface area contributed by atoms with Crippen LogP contribution < -0.4 is 4.74 Å². The van der Waals surface area contributed by atoms with Crippen LogP contribution >= 0.6 is 11.6 Å². The van der Waals surface area contributed by atoms with E-state index in [0.717, 1.165) is 11.1 Å². The Labute approximate surface area is 134 Å². The van der Waals surface area contributed by atoms with E-state index >= 15 is 0 Å². The Morgan fingerprint density at radius 1 is 1.09 bits per heavy atom. The molecule has 0 aliphatic heterocycles. The topological polar surface area (TPSA) is 52.4 Å². The van der Waals surface area contributed by atoms with E-state index < -0.39 is 4.92 Å². The van der Waals surface area contributed by atoms with Crippen molar-refractivity contribution in [1.29, 1.82) is 0 Å². The lowest BCUT2D eigenvalue weighted by Crippen LogP contribution is -2.12. The first-order chi connectivity index (χ1) is 10.2. The van der Waals surface area contributed by atoms with Gasteiger partial charge in [-0.2, -0.15) is 0 Å². The molecule has 0 radical (unpaired) electrons. The zero-order chi connectivity index (χ0) is 16.5. The summed E-state index contributed by atoms with van der Waals surface area (Å²) in [5.74, 6) is 0.756. The highest BCUT2D eigenvalue weighted by Gasteiger charge is 2.22. The summed E-state index contributed by atoms with van der Waals surface area (Å²) in [4.78, 5) is 10.7. The van der Waals surface area contributed by atoms with Crippen molar-refractivity contribution >= 4 is 17.3 Å². The Morgan fingerprint density at radius 3 is 2.36 bits per heavy atom. The van der Waals surface area contributed by atoms with E-state index in [9.17, 15) is 10.1 Å². The molecular formula is C17H18ClNO3. The highest BCUT2D eigenvalue weighted by atomic mass is 35.5. The predicted molar refractivity (Wildman–Crippen MR) is 88.1 cm³/mol. The summed E-state index contributed by atoms with van der Waals surface area (Å²) < 4.78 is 5.86. The fraction of sp³-hybridized carbons (Fsp3) is 0.294. The second-order valence-electron chi connectivity index (χ2n) is 6.22. The van der Waals surface area contributed by atoms with Gasteiger partial charge < -0.3 is 4.74 Å². The minimum atomic E-state index is -0.474. The Bertz CT molecular complexity index is 720. The molecule has 0 bridgehead atoms. The van der Waals surface area contributed by atoms with Gasteiger partial charge in [0, 0.05) is 22.7 Å². The number of hydrogen-bond donors (Lipinski definition) is 0. The number of aryl methyl sites for hydroxylation is 1. The second kappa shape index (κ2) is 5.97. The third-order valence-corrected chi connectivity index (χ3v) is 3.52. The van der Waals surface area contributed by atoms with Crippen molar-refractivity contribution in [3.63, 3.8) is 0 Å². The largest absolute Gasteiger partial charge is 0.450 e. The molecule has 22 heavy (non-hydrogen) atoms. The van der Waals surface area contributed by atoms with Crippen molar-refractivity contribution in [2.45, 2.75) is 33.1 Å². The first kappa shape index (κ1) is 16.3. The van der Waals surface area contributed by atoms with Crippen LogP contribution in [0.15, 0.2) is 36.4 Å². The number of halogens is 1. The van der Waals surface area contributed by atoms with E-state index in [1.165, 1.54) is 18.2 Å². The van der Waals surface area contributed by atoms with Crippen LogP contribution in [0.1, 0.15) is 31.9 Å². The molecular weight excluding hydrogens is 302 g/mol. The highest BCUT2D eigenvalue weighted by molar-refractivity contribution is 6.30. The van der Waals surface area contributed by atoms with Crippen LogP contribution in [0.2, 0.25) is 5.02 Å². The molecule has 0 amide bonds. The first-order valence-corrected chi connectivity index (χ1v) is 7.29. The molecule has 2 rings (SSSR count). The van der Waals surface area contributed by atoms with Gasteiger partial charge >= 0.3 is 5.69 Å². The second-order valence-corrected chi connectivity index (χ2v) is 6.66. The number of nitro benzene ring substituents is 1. The summed E-state index contributed by atoms with van der Waals surface area (Å²) >= 11 is 5.95. The van der Waals surface area contributed by atoms with Crippen LogP contribution in [0.3, 0.4) is 0 Å². The molecule has 0 spiro atoms. The van der Waals surface area contributed by atoms with Crippen molar-refractivity contribution in [3.05, 3.63) is 62.7 Å². The van der Waals surface area contributed by atoms with Gasteiger partial charge in [-0.3, -0.25) is 10.1 Å². The smallest absolute Gasteiger partial charge is 0.311 e. The molecule has 0 heterocycles. The van der Waals surface area contributed by atoms with Gasteiger partial charge in [0.05, 0.1) is 4.92 Å². The lowest BCUT2D eigenvalue weighted by Gasteiger charge is -2.23. The summed E-state index contributed by atoms with van der Waals surface area (Å²) in [5.41, 5.74) is 1.75. The highest BCUT2D eigenvalue weighted by Crippen LogP contribution is 2.39. The van der Waals surface area contributed by atoms with Crippen LogP contribution in [0.5, 0.6) is 11.5 Å². The molecule has 0 aliphatic carbocycles. The van der Waals surface area contributed by atoms with Crippen molar-refractivity contribution in [1.82, 2.24) is 0 Å². The summed E-state index contributed by atoms with van der Waals surface area (Å²) in [6, 6.07) is 10.2. The van der Waals surface area contributed by atoms with Crippen LogP contribution in [0, 0.1) is 17.0 Å². The number of nitrogens with zero attached hydrogens (tertiary/aromatic N) is 1. The van der Waals surface area contributed by atoms with Crippen molar-refractivity contribution in [3.8, 4) is 11.5 Å². The van der Waals surface area contributed by atoms with E-state index in [1.807, 2.05) is 25.1 Å². The van der Waals surface area contributed by atoms with E-state index in [-0.39, 0.29) is 16.9 Å². The number of benzene rings is 2. The fourth-order valence-electron chi connectivity index (χ4n) is 2.17. The SMILES string of the molecule is Cc1ccc(C(C)(C)C)c(Oc2cc(Cl)ccc2[N+](=O)[O-])c1. The van der Waals surface area contributed by atoms with E-state index in [4.69, 9.17) is 16.3 Å². The molecule has 0 fully saturated rings. The van der Waals surface area contributed by atoms with Crippen LogP contribution in [0.4, 0.5) is 5.69 Å². The molecule has 0 aliphatic rings. The lowest BCUT2D eigenvalue weighted by atomic mass is 9.86. The Balaban J connectivity index is 2.54. The molecule has 5 heteroatoms. The molecule has 116 valence electrons. The van der Waals surface area contributed by atoms with E-state index in [2.05, 4.69) is 20.8 Å². The molecule has 2 aromatic rings. The van der Waals surface area contributed by atoms with E-state index in [0.29, 0.717) is 10.8 Å². The minimum absolute atomic E-state index is 0.106. The first-order valence-electron chi connectivity index (χ1n) is 6.91. The summed E-state index contributed by atoms with van der Waals surface area (Å²) in [6.07, 6.45) is 0. The van der Waals surface area contributed by atoms with E-state index in [1.54, 1.807) is 0 Å². The Hall–Kier alpha value is -2.07. The quantitative estimate of drug-likeness (QED) is 0.543. The molecule has 0 N–H and O–H groups in total.